The quantitative estimate of drug-likeness (QED) is 0.454. The van der Waals surface area contributed by atoms with Gasteiger partial charge in [0, 0.05) is 0 Å². The molecular weight excluding hydrogens is 176 g/mol. The molecule has 74 valence electrons. The van der Waals surface area contributed by atoms with Crippen molar-refractivity contribution in [1.29, 1.82) is 0 Å². The van der Waals surface area contributed by atoms with Crippen LogP contribution in [0.3, 0.4) is 0 Å². The van der Waals surface area contributed by atoms with Gasteiger partial charge in [0.05, 0.1) is 26.7 Å². The second kappa shape index (κ2) is 4.34. The van der Waals surface area contributed by atoms with Gasteiger partial charge in [-0.25, -0.2) is 0 Å². The maximum atomic E-state index is 10.9. The molecule has 0 bridgehead atoms. The highest BCUT2D eigenvalue weighted by atomic mass is 16.7. The van der Waals surface area contributed by atoms with Crippen molar-refractivity contribution in [2.45, 2.75) is 18.6 Å². The maximum absolute atomic E-state index is 10.9. The third-order valence-corrected chi connectivity index (χ3v) is 1.85. The smallest absolute Gasteiger partial charge is 0.311 e. The molecule has 1 rings (SSSR count). The Balaban J connectivity index is 2.55. The Morgan fingerprint density at radius 3 is 2.62 bits per heavy atom. The van der Waals surface area contributed by atoms with Crippen LogP contribution in [-0.4, -0.2) is 38.4 Å². The molecule has 0 N–H and O–H groups in total. The molecular formula is C8H12O5. The van der Waals surface area contributed by atoms with E-state index in [0.29, 0.717) is 19.5 Å². The first-order chi connectivity index (χ1) is 6.22. The van der Waals surface area contributed by atoms with Gasteiger partial charge in [-0.2, -0.15) is 0 Å². The van der Waals surface area contributed by atoms with Gasteiger partial charge in [0.15, 0.2) is 5.79 Å². The van der Waals surface area contributed by atoms with Crippen LogP contribution in [-0.2, 0) is 23.8 Å². The normalized spacial score (nSPS) is 19.8. The van der Waals surface area contributed by atoms with Crippen LogP contribution >= 0.6 is 0 Å². The second-order valence-corrected chi connectivity index (χ2v) is 2.73. The monoisotopic (exact) mass is 188 g/mol. The lowest BCUT2D eigenvalue weighted by molar-refractivity contribution is -0.182. The number of carbonyl (C=O) groups excluding carboxylic acids is 2. The number of aldehydes is 1. The molecule has 0 unspecified atom stereocenters. The van der Waals surface area contributed by atoms with Gasteiger partial charge in [0.25, 0.3) is 0 Å². The summed E-state index contributed by atoms with van der Waals surface area (Å²) < 4.78 is 14.9. The van der Waals surface area contributed by atoms with E-state index in [0.717, 1.165) is 0 Å². The molecule has 1 fully saturated rings. The summed E-state index contributed by atoms with van der Waals surface area (Å²) in [4.78, 5) is 21.3. The van der Waals surface area contributed by atoms with E-state index in [1.807, 2.05) is 0 Å². The number of esters is 1. The molecule has 5 nitrogen and oxygen atoms in total. The molecule has 0 spiro atoms. The predicted molar refractivity (Wildman–Crippen MR) is 41.9 cm³/mol. The first-order valence-corrected chi connectivity index (χ1v) is 4.01. The number of hydrogen-bond donors (Lipinski definition) is 0. The molecule has 0 aromatic heterocycles. The lowest BCUT2D eigenvalue weighted by Gasteiger charge is -2.23. The van der Waals surface area contributed by atoms with Crippen LogP contribution < -0.4 is 0 Å². The highest BCUT2D eigenvalue weighted by Crippen LogP contribution is 2.26. The molecule has 1 saturated heterocycles. The van der Waals surface area contributed by atoms with Gasteiger partial charge >= 0.3 is 5.97 Å². The van der Waals surface area contributed by atoms with Gasteiger partial charge in [-0.15, -0.1) is 0 Å². The van der Waals surface area contributed by atoms with E-state index in [1.54, 1.807) is 0 Å². The Morgan fingerprint density at radius 1 is 1.54 bits per heavy atom. The standard InChI is InChI=1S/C8H12O5/c1-11-7(10)6-8(2-3-9)12-4-5-13-8/h3H,2,4-6H2,1H3. The summed E-state index contributed by atoms with van der Waals surface area (Å²) in [6.07, 6.45) is 0.693. The van der Waals surface area contributed by atoms with E-state index in [9.17, 15) is 9.59 Å². The summed E-state index contributed by atoms with van der Waals surface area (Å²) in [5, 5.41) is 0. The maximum Gasteiger partial charge on any atom is 0.311 e. The molecule has 0 aromatic rings. The summed E-state index contributed by atoms with van der Waals surface area (Å²) in [6, 6.07) is 0. The lowest BCUT2D eigenvalue weighted by Crippen LogP contribution is -2.34. The van der Waals surface area contributed by atoms with Crippen LogP contribution in [0.2, 0.25) is 0 Å². The molecule has 5 heteroatoms. The summed E-state index contributed by atoms with van der Waals surface area (Å²) in [5.41, 5.74) is 0. The van der Waals surface area contributed by atoms with Crippen LogP contribution in [0.1, 0.15) is 12.8 Å². The Morgan fingerprint density at radius 2 is 2.15 bits per heavy atom. The highest BCUT2D eigenvalue weighted by Gasteiger charge is 2.38. The number of ether oxygens (including phenoxy) is 3. The third-order valence-electron chi connectivity index (χ3n) is 1.85. The fourth-order valence-electron chi connectivity index (χ4n) is 1.21. The molecule has 1 aliphatic heterocycles. The van der Waals surface area contributed by atoms with Crippen molar-refractivity contribution < 1.29 is 23.8 Å². The van der Waals surface area contributed by atoms with Gasteiger partial charge in [-0.1, -0.05) is 0 Å². The number of carbonyl (C=O) groups is 2. The van der Waals surface area contributed by atoms with Gasteiger partial charge in [-0.05, 0) is 0 Å². The number of rotatable bonds is 4. The van der Waals surface area contributed by atoms with Crippen LogP contribution in [0.25, 0.3) is 0 Å². The first kappa shape index (κ1) is 10.1. The van der Waals surface area contributed by atoms with Crippen molar-refractivity contribution in [2.24, 2.45) is 0 Å². The Kier molecular flexibility index (Phi) is 3.39. The van der Waals surface area contributed by atoms with E-state index >= 15 is 0 Å². The molecule has 0 saturated carbocycles. The Hall–Kier alpha value is -0.940. The van der Waals surface area contributed by atoms with E-state index in [1.165, 1.54) is 7.11 Å². The molecule has 0 radical (unpaired) electrons. The number of hydrogen-bond acceptors (Lipinski definition) is 5. The second-order valence-electron chi connectivity index (χ2n) is 2.73. The lowest BCUT2D eigenvalue weighted by atomic mass is 10.1. The zero-order valence-electron chi connectivity index (χ0n) is 7.45. The summed E-state index contributed by atoms with van der Waals surface area (Å²) >= 11 is 0. The summed E-state index contributed by atoms with van der Waals surface area (Å²) in [7, 11) is 1.28. The minimum atomic E-state index is -1.07. The van der Waals surface area contributed by atoms with Crippen LogP contribution in [0.15, 0.2) is 0 Å². The zero-order valence-corrected chi connectivity index (χ0v) is 7.45. The zero-order chi connectivity index (χ0) is 9.73. The van der Waals surface area contributed by atoms with Gasteiger partial charge in [-0.3, -0.25) is 4.79 Å². The molecule has 0 amide bonds. The van der Waals surface area contributed by atoms with Crippen LogP contribution in [0.5, 0.6) is 0 Å². The SMILES string of the molecule is COC(=O)CC1(CC=O)OCCO1. The van der Waals surface area contributed by atoms with E-state index in [-0.39, 0.29) is 12.8 Å². The van der Waals surface area contributed by atoms with Gasteiger partial charge in [0.2, 0.25) is 0 Å². The van der Waals surface area contributed by atoms with Crippen molar-refractivity contribution in [3.05, 3.63) is 0 Å². The Labute approximate surface area is 76.0 Å². The average molecular weight is 188 g/mol. The molecule has 1 aliphatic rings. The van der Waals surface area contributed by atoms with E-state index in [4.69, 9.17) is 9.47 Å². The topological polar surface area (TPSA) is 61.8 Å². The molecule has 0 aliphatic carbocycles. The number of methoxy groups -OCH3 is 1. The predicted octanol–water partition coefficient (Wildman–Crippen LogP) is -0.118. The highest BCUT2D eigenvalue weighted by molar-refractivity contribution is 5.71. The Bertz CT molecular complexity index is 195. The van der Waals surface area contributed by atoms with Crippen LogP contribution in [0, 0.1) is 0 Å². The fourth-order valence-corrected chi connectivity index (χ4v) is 1.21. The van der Waals surface area contributed by atoms with Gasteiger partial charge in [0.1, 0.15) is 12.7 Å². The molecule has 0 atom stereocenters. The fraction of sp³-hybridized carbons (Fsp3) is 0.750. The van der Waals surface area contributed by atoms with Crippen molar-refractivity contribution in [3.63, 3.8) is 0 Å². The van der Waals surface area contributed by atoms with Crippen molar-refractivity contribution in [3.8, 4) is 0 Å². The largest absolute Gasteiger partial charge is 0.469 e. The summed E-state index contributed by atoms with van der Waals surface area (Å²) in [5.74, 6) is -1.52. The molecule has 1 heterocycles. The first-order valence-electron chi connectivity index (χ1n) is 4.01. The average Bonchev–Trinajstić information content (AvgIpc) is 2.54. The summed E-state index contributed by atoms with van der Waals surface area (Å²) in [6.45, 7) is 0.815. The minimum absolute atomic E-state index is 0.0394. The van der Waals surface area contributed by atoms with Crippen molar-refractivity contribution in [2.75, 3.05) is 20.3 Å². The third kappa shape index (κ3) is 2.50. The van der Waals surface area contributed by atoms with Gasteiger partial charge < -0.3 is 19.0 Å². The molecule has 13 heavy (non-hydrogen) atoms. The van der Waals surface area contributed by atoms with E-state index < -0.39 is 11.8 Å². The van der Waals surface area contributed by atoms with Crippen LogP contribution in [0.4, 0.5) is 0 Å². The van der Waals surface area contributed by atoms with Crippen molar-refractivity contribution in [1.82, 2.24) is 0 Å². The van der Waals surface area contributed by atoms with E-state index in [2.05, 4.69) is 4.74 Å². The molecule has 0 aromatic carbocycles. The van der Waals surface area contributed by atoms with Crippen molar-refractivity contribution >= 4 is 12.3 Å². The minimum Gasteiger partial charge on any atom is -0.469 e.